The molecule has 1 amide bonds. The number of aryl methyl sites for hydroxylation is 3. The molecule has 1 atom stereocenters. The number of nitrogens with one attached hydrogen (secondary N) is 2. The Labute approximate surface area is 242 Å². The van der Waals surface area contributed by atoms with Gasteiger partial charge in [0, 0.05) is 50.0 Å². The summed E-state index contributed by atoms with van der Waals surface area (Å²) in [6.45, 7) is 13.8. The highest BCUT2D eigenvalue weighted by Gasteiger charge is 2.18. The van der Waals surface area contributed by atoms with Crippen molar-refractivity contribution in [1.29, 1.82) is 0 Å². The van der Waals surface area contributed by atoms with E-state index in [2.05, 4.69) is 58.6 Å². The Morgan fingerprint density at radius 1 is 1.07 bits per heavy atom. The number of rotatable bonds is 10. The van der Waals surface area contributed by atoms with Crippen LogP contribution in [0.15, 0.2) is 59.6 Å². The Bertz CT molecular complexity index is 1530. The number of amides is 1. The van der Waals surface area contributed by atoms with Crippen molar-refractivity contribution in [2.75, 3.05) is 31.5 Å². The van der Waals surface area contributed by atoms with Gasteiger partial charge in [0.1, 0.15) is 0 Å². The van der Waals surface area contributed by atoms with Crippen molar-refractivity contribution in [2.45, 2.75) is 53.6 Å². The van der Waals surface area contributed by atoms with Gasteiger partial charge < -0.3 is 10.6 Å². The van der Waals surface area contributed by atoms with Crippen molar-refractivity contribution < 1.29 is 4.79 Å². The molecule has 2 N–H and O–H groups in total. The van der Waals surface area contributed by atoms with E-state index in [0.29, 0.717) is 6.54 Å². The molecule has 1 unspecified atom stereocenters. The van der Waals surface area contributed by atoms with Crippen LogP contribution < -0.4 is 10.6 Å². The molecule has 8 heteroatoms. The van der Waals surface area contributed by atoms with Crippen LogP contribution in [0, 0.1) is 12.8 Å². The smallest absolute Gasteiger partial charge is 0.232 e. The summed E-state index contributed by atoms with van der Waals surface area (Å²) >= 11 is 0. The number of carbonyl (C=O) groups is 1. The predicted octanol–water partition coefficient (Wildman–Crippen LogP) is 5.30. The first-order valence-electron chi connectivity index (χ1n) is 14.8. The molecule has 1 aliphatic rings. The lowest BCUT2D eigenvalue weighted by Crippen LogP contribution is -2.42. The second kappa shape index (κ2) is 13.2. The SMILES string of the molecule is CCc1ccc(CN2CCNCC2)cc1N=CC(C)C(=O)Nc1cccc2c1c(CC)nn2Cc1cccc(C)n1. The second-order valence-corrected chi connectivity index (χ2v) is 10.8. The molecule has 41 heavy (non-hydrogen) atoms. The first kappa shape index (κ1) is 28.6. The monoisotopic (exact) mass is 551 g/mol. The maximum absolute atomic E-state index is 13.3. The largest absolute Gasteiger partial charge is 0.325 e. The molecule has 8 nitrogen and oxygen atoms in total. The van der Waals surface area contributed by atoms with Crippen LogP contribution in [-0.4, -0.2) is 58.0 Å². The van der Waals surface area contributed by atoms with Crippen molar-refractivity contribution in [2.24, 2.45) is 10.9 Å². The molecular formula is C33H41N7O. The Kier molecular flexibility index (Phi) is 9.21. The van der Waals surface area contributed by atoms with Crippen LogP contribution in [0.3, 0.4) is 0 Å². The van der Waals surface area contributed by atoms with Crippen LogP contribution in [0.5, 0.6) is 0 Å². The van der Waals surface area contributed by atoms with E-state index < -0.39 is 5.92 Å². The molecule has 5 rings (SSSR count). The van der Waals surface area contributed by atoms with E-state index in [9.17, 15) is 4.79 Å². The summed E-state index contributed by atoms with van der Waals surface area (Å²) in [5, 5.41) is 12.4. The van der Waals surface area contributed by atoms with Crippen molar-refractivity contribution in [1.82, 2.24) is 25.0 Å². The third-order valence-electron chi connectivity index (χ3n) is 7.70. The number of anilines is 1. The third kappa shape index (κ3) is 6.89. The van der Waals surface area contributed by atoms with Gasteiger partial charge in [0.2, 0.25) is 5.91 Å². The molecule has 214 valence electrons. The lowest BCUT2D eigenvalue weighted by atomic mass is 10.1. The summed E-state index contributed by atoms with van der Waals surface area (Å²) in [7, 11) is 0. The lowest BCUT2D eigenvalue weighted by molar-refractivity contribution is -0.117. The molecule has 4 aromatic rings. The minimum absolute atomic E-state index is 0.0913. The fourth-order valence-corrected chi connectivity index (χ4v) is 5.38. The Morgan fingerprint density at radius 3 is 2.63 bits per heavy atom. The van der Waals surface area contributed by atoms with Crippen molar-refractivity contribution >= 4 is 34.4 Å². The first-order chi connectivity index (χ1) is 19.9. The average Bonchev–Trinajstić information content (AvgIpc) is 3.34. The molecule has 0 radical (unpaired) electrons. The van der Waals surface area contributed by atoms with E-state index >= 15 is 0 Å². The maximum atomic E-state index is 13.3. The van der Waals surface area contributed by atoms with Crippen LogP contribution in [0.4, 0.5) is 11.4 Å². The number of carbonyl (C=O) groups excluding carboxylic acids is 1. The fraction of sp³-hybridized carbons (Fsp3) is 0.394. The Hall–Kier alpha value is -3.88. The van der Waals surface area contributed by atoms with E-state index in [1.165, 1.54) is 11.1 Å². The van der Waals surface area contributed by atoms with Gasteiger partial charge in [-0.05, 0) is 68.1 Å². The normalized spacial score (nSPS) is 15.0. The van der Waals surface area contributed by atoms with Crippen LogP contribution in [-0.2, 0) is 30.7 Å². The zero-order chi connectivity index (χ0) is 28.8. The molecule has 0 aliphatic carbocycles. The molecule has 0 bridgehead atoms. The third-order valence-corrected chi connectivity index (χ3v) is 7.70. The van der Waals surface area contributed by atoms with Crippen LogP contribution in [0.25, 0.3) is 10.9 Å². The number of hydrogen-bond donors (Lipinski definition) is 2. The number of hydrogen-bond acceptors (Lipinski definition) is 6. The van der Waals surface area contributed by atoms with Gasteiger partial charge >= 0.3 is 0 Å². The molecule has 1 aliphatic heterocycles. The summed E-state index contributed by atoms with van der Waals surface area (Å²) in [4.78, 5) is 25.3. The molecule has 0 spiro atoms. The zero-order valence-corrected chi connectivity index (χ0v) is 24.7. The summed E-state index contributed by atoms with van der Waals surface area (Å²) in [6.07, 6.45) is 3.43. The highest BCUT2D eigenvalue weighted by atomic mass is 16.1. The second-order valence-electron chi connectivity index (χ2n) is 10.8. The summed E-state index contributed by atoms with van der Waals surface area (Å²) < 4.78 is 1.98. The molecule has 2 aromatic carbocycles. The lowest BCUT2D eigenvalue weighted by Gasteiger charge is -2.27. The molecule has 1 fully saturated rings. The van der Waals surface area contributed by atoms with Crippen molar-refractivity contribution in [3.05, 3.63) is 82.8 Å². The molecule has 1 saturated heterocycles. The summed E-state index contributed by atoms with van der Waals surface area (Å²) in [5.74, 6) is -0.491. The van der Waals surface area contributed by atoms with Crippen LogP contribution in [0.2, 0.25) is 0 Å². The van der Waals surface area contributed by atoms with Gasteiger partial charge in [-0.15, -0.1) is 0 Å². The predicted molar refractivity (Wildman–Crippen MR) is 167 cm³/mol. The van der Waals surface area contributed by atoms with Gasteiger partial charge in [0.15, 0.2) is 0 Å². The minimum atomic E-state index is -0.400. The topological polar surface area (TPSA) is 87.4 Å². The van der Waals surface area contributed by atoms with Crippen molar-refractivity contribution in [3.63, 3.8) is 0 Å². The number of pyridine rings is 1. The average molecular weight is 552 g/mol. The minimum Gasteiger partial charge on any atom is -0.325 e. The number of fused-ring (bicyclic) bond motifs is 1. The van der Waals surface area contributed by atoms with Gasteiger partial charge in [0.25, 0.3) is 0 Å². The quantitative estimate of drug-likeness (QED) is 0.261. The summed E-state index contributed by atoms with van der Waals surface area (Å²) in [5.41, 5.74) is 8.05. The molecule has 3 heterocycles. The van der Waals surface area contributed by atoms with Gasteiger partial charge in [-0.2, -0.15) is 5.10 Å². The van der Waals surface area contributed by atoms with Gasteiger partial charge in [-0.25, -0.2) is 0 Å². The van der Waals surface area contributed by atoms with Gasteiger partial charge in [-0.3, -0.25) is 24.4 Å². The fourth-order valence-electron chi connectivity index (χ4n) is 5.38. The van der Waals surface area contributed by atoms with E-state index in [4.69, 9.17) is 10.1 Å². The summed E-state index contributed by atoms with van der Waals surface area (Å²) in [6, 6.07) is 18.6. The maximum Gasteiger partial charge on any atom is 0.232 e. The molecule has 2 aromatic heterocycles. The van der Waals surface area contributed by atoms with Crippen LogP contribution in [0.1, 0.15) is 49.0 Å². The number of aliphatic imine (C=N–C) groups is 1. The van der Waals surface area contributed by atoms with Gasteiger partial charge in [0.05, 0.1) is 40.7 Å². The van der Waals surface area contributed by atoms with E-state index in [1.807, 2.05) is 48.9 Å². The Morgan fingerprint density at radius 2 is 1.88 bits per heavy atom. The highest BCUT2D eigenvalue weighted by molar-refractivity contribution is 6.07. The first-order valence-corrected chi connectivity index (χ1v) is 14.8. The highest BCUT2D eigenvalue weighted by Crippen LogP contribution is 2.29. The van der Waals surface area contributed by atoms with E-state index in [1.54, 1.807) is 6.21 Å². The Balaban J connectivity index is 1.33. The zero-order valence-electron chi connectivity index (χ0n) is 24.7. The number of benzene rings is 2. The molecular weight excluding hydrogens is 510 g/mol. The number of aromatic nitrogens is 3. The molecule has 0 saturated carbocycles. The van der Waals surface area contributed by atoms with Gasteiger partial charge in [-0.1, -0.05) is 38.1 Å². The van der Waals surface area contributed by atoms with Crippen molar-refractivity contribution in [3.8, 4) is 0 Å². The number of piperazine rings is 1. The van der Waals surface area contributed by atoms with Crippen LogP contribution >= 0.6 is 0 Å². The standard InChI is InChI=1S/C33H41N7O/c1-5-26-14-13-25(21-39-17-15-34-16-18-39)19-30(26)35-20-23(3)33(41)37-29-11-8-12-31-32(29)28(6-2)38-40(31)22-27-10-7-9-24(4)36-27/h7-14,19-20,23,34H,5-6,15-18,21-22H2,1-4H3,(H,37,41). The number of nitrogens with zero attached hydrogens (tertiary/aromatic N) is 5. The van der Waals surface area contributed by atoms with E-state index in [-0.39, 0.29) is 5.91 Å². The van der Waals surface area contributed by atoms with E-state index in [0.717, 1.165) is 84.9 Å².